The Morgan fingerprint density at radius 1 is 1.25 bits per heavy atom. The summed E-state index contributed by atoms with van der Waals surface area (Å²) < 4.78 is 38.3. The van der Waals surface area contributed by atoms with E-state index in [2.05, 4.69) is 0 Å². The maximum absolute atomic E-state index is 12.8. The Labute approximate surface area is 132 Å². The molecule has 1 atom stereocenters. The van der Waals surface area contributed by atoms with Crippen LogP contribution in [0.1, 0.15) is 27.1 Å². The fourth-order valence-electron chi connectivity index (χ4n) is 2.34. The van der Waals surface area contributed by atoms with Crippen LogP contribution in [0.15, 0.2) is 18.2 Å². The first-order chi connectivity index (χ1) is 10.9. The molecule has 0 radical (unpaired) electrons. The minimum Gasteiger partial charge on any atom is -0.478 e. The Morgan fingerprint density at radius 3 is 2.29 bits per heavy atom. The monoisotopic (exact) mass is 348 g/mol. The predicted octanol–water partition coefficient (Wildman–Crippen LogP) is 1.43. The van der Waals surface area contributed by atoms with Gasteiger partial charge in [-0.2, -0.15) is 13.2 Å². The first-order valence-corrected chi connectivity index (χ1v) is 6.56. The van der Waals surface area contributed by atoms with Crippen molar-refractivity contribution < 1.29 is 37.9 Å². The van der Waals surface area contributed by atoms with E-state index in [-0.39, 0.29) is 0 Å². The average Bonchev–Trinajstić information content (AvgIpc) is 2.89. The van der Waals surface area contributed by atoms with Gasteiger partial charge in [-0.1, -0.05) is 0 Å². The number of carbonyl (C=O) groups is 2. The van der Waals surface area contributed by atoms with Gasteiger partial charge in [0.2, 0.25) is 0 Å². The number of non-ortho nitro benzene ring substituents is 1. The summed E-state index contributed by atoms with van der Waals surface area (Å²) in [4.78, 5) is 33.8. The molecule has 0 spiro atoms. The van der Waals surface area contributed by atoms with Crippen LogP contribution in [0.25, 0.3) is 0 Å². The molecule has 1 saturated heterocycles. The number of amides is 1. The van der Waals surface area contributed by atoms with Crippen LogP contribution in [-0.2, 0) is 0 Å². The predicted molar refractivity (Wildman–Crippen MR) is 71.6 cm³/mol. The molecule has 1 aromatic rings. The van der Waals surface area contributed by atoms with Crippen LogP contribution in [-0.4, -0.2) is 56.8 Å². The maximum Gasteiger partial charge on any atom is 0.419 e. The van der Waals surface area contributed by atoms with Crippen LogP contribution in [0.2, 0.25) is 0 Å². The first-order valence-electron chi connectivity index (χ1n) is 6.56. The number of nitrogens with zero attached hydrogens (tertiary/aromatic N) is 2. The van der Waals surface area contributed by atoms with Gasteiger partial charge in [0.1, 0.15) is 0 Å². The van der Waals surface area contributed by atoms with E-state index in [1.165, 1.54) is 0 Å². The molecule has 130 valence electrons. The van der Waals surface area contributed by atoms with Gasteiger partial charge < -0.3 is 15.1 Å². The molecule has 11 heteroatoms. The molecule has 0 aromatic heterocycles. The van der Waals surface area contributed by atoms with Crippen molar-refractivity contribution in [2.75, 3.05) is 13.1 Å². The van der Waals surface area contributed by atoms with Crippen molar-refractivity contribution in [1.82, 2.24) is 4.90 Å². The van der Waals surface area contributed by atoms with Gasteiger partial charge in [0.05, 0.1) is 17.0 Å². The second-order valence-corrected chi connectivity index (χ2v) is 5.34. The summed E-state index contributed by atoms with van der Waals surface area (Å²) in [7, 11) is 0. The first kappa shape index (κ1) is 17.7. The number of halogens is 3. The Kier molecular flexibility index (Phi) is 4.23. The summed E-state index contributed by atoms with van der Waals surface area (Å²) in [5.41, 5.74) is -4.71. The number of benzene rings is 1. The Bertz CT molecular complexity index is 688. The van der Waals surface area contributed by atoms with Crippen LogP contribution in [0.5, 0.6) is 0 Å². The number of likely N-dealkylation sites (tertiary alicyclic amines) is 1. The van der Waals surface area contributed by atoms with Crippen molar-refractivity contribution in [3.05, 3.63) is 39.4 Å². The van der Waals surface area contributed by atoms with Crippen molar-refractivity contribution in [2.45, 2.75) is 18.2 Å². The Balaban J connectivity index is 2.34. The minimum absolute atomic E-state index is 0.417. The average molecular weight is 348 g/mol. The lowest BCUT2D eigenvalue weighted by Crippen LogP contribution is -2.48. The van der Waals surface area contributed by atoms with E-state index in [1.54, 1.807) is 0 Å². The number of nitro groups is 1. The normalized spacial score (nSPS) is 20.9. The summed E-state index contributed by atoms with van der Waals surface area (Å²) in [5.74, 6) is -2.55. The van der Waals surface area contributed by atoms with Gasteiger partial charge in [0.15, 0.2) is 5.60 Å². The van der Waals surface area contributed by atoms with Gasteiger partial charge >= 0.3 is 12.1 Å². The van der Waals surface area contributed by atoms with Crippen LogP contribution in [0, 0.1) is 10.1 Å². The molecule has 0 saturated carbocycles. The number of aromatic carboxylic acids is 1. The smallest absolute Gasteiger partial charge is 0.419 e. The standard InChI is InChI=1S/C13H11F3N2O6/c14-13(15,16)12(22)1-2-17(6-12)10(19)7-3-8(11(20)21)5-9(4-7)18(23)24/h3-5,22H,1-2,6H2,(H,20,21). The molecule has 1 heterocycles. The lowest BCUT2D eigenvalue weighted by molar-refractivity contribution is -0.384. The summed E-state index contributed by atoms with van der Waals surface area (Å²) in [6.07, 6.45) is -5.67. The SMILES string of the molecule is O=C(O)c1cc(C(=O)N2CCC(O)(C(F)(F)F)C2)cc([N+](=O)[O-])c1. The summed E-state index contributed by atoms with van der Waals surface area (Å²) >= 11 is 0. The molecule has 1 aliphatic heterocycles. The highest BCUT2D eigenvalue weighted by Gasteiger charge is 2.57. The highest BCUT2D eigenvalue weighted by Crippen LogP contribution is 2.38. The largest absolute Gasteiger partial charge is 0.478 e. The molecule has 1 unspecified atom stereocenters. The van der Waals surface area contributed by atoms with Crippen molar-refractivity contribution in [2.24, 2.45) is 0 Å². The molecule has 8 nitrogen and oxygen atoms in total. The van der Waals surface area contributed by atoms with E-state index < -0.39 is 64.9 Å². The highest BCUT2D eigenvalue weighted by molar-refractivity contribution is 5.98. The van der Waals surface area contributed by atoms with E-state index in [1.807, 2.05) is 0 Å². The molecule has 24 heavy (non-hydrogen) atoms. The zero-order valence-corrected chi connectivity index (χ0v) is 11.9. The van der Waals surface area contributed by atoms with E-state index in [0.29, 0.717) is 4.90 Å². The van der Waals surface area contributed by atoms with Crippen molar-refractivity contribution >= 4 is 17.6 Å². The minimum atomic E-state index is -4.93. The van der Waals surface area contributed by atoms with Crippen molar-refractivity contribution in [1.29, 1.82) is 0 Å². The molecule has 1 aliphatic rings. The number of alkyl halides is 3. The van der Waals surface area contributed by atoms with Gasteiger partial charge in [-0.25, -0.2) is 4.79 Å². The molecule has 2 rings (SSSR count). The van der Waals surface area contributed by atoms with Gasteiger partial charge in [-0.05, 0) is 6.07 Å². The fourth-order valence-corrected chi connectivity index (χ4v) is 2.34. The third kappa shape index (κ3) is 3.15. The van der Waals surface area contributed by atoms with E-state index >= 15 is 0 Å². The van der Waals surface area contributed by atoms with E-state index in [4.69, 9.17) is 5.11 Å². The number of hydrogen-bond donors (Lipinski definition) is 2. The number of carboxylic acid groups (broad SMARTS) is 1. The Morgan fingerprint density at radius 2 is 1.83 bits per heavy atom. The molecule has 0 bridgehead atoms. The van der Waals surface area contributed by atoms with Crippen LogP contribution in [0.3, 0.4) is 0 Å². The number of β-amino-alcohol motifs (C(OH)–C–C–N with tert-alkyl or cyclic N) is 1. The summed E-state index contributed by atoms with van der Waals surface area (Å²) in [5, 5.41) is 29.3. The molecule has 0 aliphatic carbocycles. The van der Waals surface area contributed by atoms with Gasteiger partial charge in [-0.15, -0.1) is 0 Å². The zero-order chi connectivity index (χ0) is 18.3. The molecule has 1 aromatic carbocycles. The van der Waals surface area contributed by atoms with E-state index in [9.17, 15) is 38.0 Å². The zero-order valence-electron chi connectivity index (χ0n) is 11.9. The third-order valence-corrected chi connectivity index (χ3v) is 3.69. The third-order valence-electron chi connectivity index (χ3n) is 3.69. The van der Waals surface area contributed by atoms with Crippen LogP contribution in [0.4, 0.5) is 18.9 Å². The quantitative estimate of drug-likeness (QED) is 0.630. The number of hydrogen-bond acceptors (Lipinski definition) is 5. The Hall–Kier alpha value is -2.69. The highest BCUT2D eigenvalue weighted by atomic mass is 19.4. The number of aliphatic hydroxyl groups is 1. The molecule has 1 amide bonds. The summed E-state index contributed by atoms with van der Waals surface area (Å²) in [6, 6.07) is 2.34. The van der Waals surface area contributed by atoms with E-state index in [0.717, 1.165) is 18.2 Å². The molecular weight excluding hydrogens is 337 g/mol. The van der Waals surface area contributed by atoms with Gasteiger partial charge in [-0.3, -0.25) is 14.9 Å². The van der Waals surface area contributed by atoms with Crippen molar-refractivity contribution in [3.63, 3.8) is 0 Å². The second kappa shape index (κ2) is 5.74. The molecule has 1 fully saturated rings. The number of rotatable bonds is 3. The number of carboxylic acids is 1. The second-order valence-electron chi connectivity index (χ2n) is 5.34. The van der Waals surface area contributed by atoms with Crippen molar-refractivity contribution in [3.8, 4) is 0 Å². The molecule has 2 N–H and O–H groups in total. The lowest BCUT2D eigenvalue weighted by atomic mass is 10.0. The van der Waals surface area contributed by atoms with Crippen LogP contribution < -0.4 is 0 Å². The number of carbonyl (C=O) groups excluding carboxylic acids is 1. The lowest BCUT2D eigenvalue weighted by Gasteiger charge is -2.25. The molecular formula is C13H11F3N2O6. The maximum atomic E-state index is 12.8. The fraction of sp³-hybridized carbons (Fsp3) is 0.385. The number of nitro benzene ring substituents is 1. The van der Waals surface area contributed by atoms with Gasteiger partial charge in [0.25, 0.3) is 11.6 Å². The summed E-state index contributed by atoms with van der Waals surface area (Å²) in [6.45, 7) is -1.44. The topological polar surface area (TPSA) is 121 Å². The van der Waals surface area contributed by atoms with Gasteiger partial charge in [0, 0.05) is 30.7 Å². The van der Waals surface area contributed by atoms with Crippen LogP contribution >= 0.6 is 0 Å².